The Balaban J connectivity index is 1.47. The summed E-state index contributed by atoms with van der Waals surface area (Å²) in [5, 5.41) is 2.75. The van der Waals surface area contributed by atoms with Crippen LogP contribution >= 0.6 is 0 Å². The number of sulfonamides is 1. The fraction of sp³-hybridized carbons (Fsp3) is 0.174. The lowest BCUT2D eigenvalue weighted by Crippen LogP contribution is -2.38. The van der Waals surface area contributed by atoms with Crippen molar-refractivity contribution in [3.8, 4) is 5.75 Å². The van der Waals surface area contributed by atoms with E-state index in [0.717, 1.165) is 21.2 Å². The standard InChI is InChI=1S/C23H24N2O4S/c1-25(30(27,28)22-10-6-3-7-11-22)17-23(26)24-16-19-12-14-20(15-13-19)18-29-21-8-4-2-5-9-21/h2-15H,16-18H2,1H3,(H,24,26). The molecular weight excluding hydrogens is 400 g/mol. The van der Waals surface area contributed by atoms with Gasteiger partial charge in [0, 0.05) is 13.6 Å². The van der Waals surface area contributed by atoms with E-state index in [1.54, 1.807) is 18.2 Å². The zero-order valence-electron chi connectivity index (χ0n) is 16.7. The van der Waals surface area contributed by atoms with Gasteiger partial charge in [0.15, 0.2) is 0 Å². The number of amides is 1. The third-order valence-electron chi connectivity index (χ3n) is 4.48. The third kappa shape index (κ3) is 5.92. The van der Waals surface area contributed by atoms with E-state index in [0.29, 0.717) is 13.2 Å². The molecule has 1 amide bonds. The first-order valence-electron chi connectivity index (χ1n) is 9.49. The Kier molecular flexibility index (Phi) is 7.21. The quantitative estimate of drug-likeness (QED) is 0.572. The van der Waals surface area contributed by atoms with Crippen molar-refractivity contribution >= 4 is 15.9 Å². The summed E-state index contributed by atoms with van der Waals surface area (Å²) in [6, 6.07) is 25.3. The molecule has 0 saturated heterocycles. The van der Waals surface area contributed by atoms with Gasteiger partial charge in [0.2, 0.25) is 15.9 Å². The maximum atomic E-state index is 12.5. The first-order valence-corrected chi connectivity index (χ1v) is 10.9. The Morgan fingerprint density at radius 1 is 0.867 bits per heavy atom. The van der Waals surface area contributed by atoms with Gasteiger partial charge in [-0.2, -0.15) is 4.31 Å². The van der Waals surface area contributed by atoms with E-state index in [4.69, 9.17) is 4.74 Å². The highest BCUT2D eigenvalue weighted by Gasteiger charge is 2.22. The lowest BCUT2D eigenvalue weighted by molar-refractivity contribution is -0.121. The number of nitrogens with one attached hydrogen (secondary N) is 1. The summed E-state index contributed by atoms with van der Waals surface area (Å²) in [5.41, 5.74) is 1.93. The number of benzene rings is 3. The van der Waals surface area contributed by atoms with Crippen LogP contribution in [-0.4, -0.2) is 32.2 Å². The van der Waals surface area contributed by atoms with Crippen LogP contribution in [0.15, 0.2) is 89.8 Å². The van der Waals surface area contributed by atoms with Crippen LogP contribution in [0.1, 0.15) is 11.1 Å². The molecule has 0 bridgehead atoms. The number of ether oxygens (including phenoxy) is 1. The van der Waals surface area contributed by atoms with Crippen molar-refractivity contribution in [3.05, 3.63) is 96.1 Å². The minimum absolute atomic E-state index is 0.161. The molecule has 7 heteroatoms. The highest BCUT2D eigenvalue weighted by Crippen LogP contribution is 2.14. The average molecular weight is 425 g/mol. The first-order chi connectivity index (χ1) is 14.4. The van der Waals surface area contributed by atoms with E-state index in [9.17, 15) is 13.2 Å². The highest BCUT2D eigenvalue weighted by atomic mass is 32.2. The van der Waals surface area contributed by atoms with Crippen molar-refractivity contribution in [2.75, 3.05) is 13.6 Å². The van der Waals surface area contributed by atoms with Crippen LogP contribution in [0.4, 0.5) is 0 Å². The van der Waals surface area contributed by atoms with Gasteiger partial charge < -0.3 is 10.1 Å². The number of carbonyl (C=O) groups excluding carboxylic acids is 1. The summed E-state index contributed by atoms with van der Waals surface area (Å²) in [6.07, 6.45) is 0. The summed E-state index contributed by atoms with van der Waals surface area (Å²) < 4.78 is 31.7. The summed E-state index contributed by atoms with van der Waals surface area (Å²) in [5.74, 6) is 0.442. The maximum absolute atomic E-state index is 12.5. The van der Waals surface area contributed by atoms with Crippen LogP contribution in [-0.2, 0) is 28.0 Å². The fourth-order valence-electron chi connectivity index (χ4n) is 2.75. The summed E-state index contributed by atoms with van der Waals surface area (Å²) in [4.78, 5) is 12.4. The SMILES string of the molecule is CN(CC(=O)NCc1ccc(COc2ccccc2)cc1)S(=O)(=O)c1ccccc1. The lowest BCUT2D eigenvalue weighted by Gasteiger charge is -2.17. The van der Waals surface area contributed by atoms with Gasteiger partial charge in [-0.1, -0.05) is 60.7 Å². The van der Waals surface area contributed by atoms with Crippen LogP contribution in [0.2, 0.25) is 0 Å². The number of hydrogen-bond acceptors (Lipinski definition) is 4. The lowest BCUT2D eigenvalue weighted by atomic mass is 10.1. The van der Waals surface area contributed by atoms with Gasteiger partial charge in [0.25, 0.3) is 0 Å². The molecule has 0 heterocycles. The summed E-state index contributed by atoms with van der Waals surface area (Å²) >= 11 is 0. The number of para-hydroxylation sites is 1. The zero-order chi connectivity index (χ0) is 21.4. The van der Waals surface area contributed by atoms with E-state index in [1.807, 2.05) is 54.6 Å². The molecule has 0 atom stereocenters. The smallest absolute Gasteiger partial charge is 0.243 e. The van der Waals surface area contributed by atoms with Crippen molar-refractivity contribution < 1.29 is 17.9 Å². The van der Waals surface area contributed by atoms with Crippen LogP contribution in [0.5, 0.6) is 5.75 Å². The second-order valence-electron chi connectivity index (χ2n) is 6.77. The minimum atomic E-state index is -3.69. The van der Waals surface area contributed by atoms with Crippen molar-refractivity contribution in [1.29, 1.82) is 0 Å². The van der Waals surface area contributed by atoms with Crippen LogP contribution in [0.25, 0.3) is 0 Å². The van der Waals surface area contributed by atoms with Crippen LogP contribution < -0.4 is 10.1 Å². The number of hydrogen-bond donors (Lipinski definition) is 1. The third-order valence-corrected chi connectivity index (χ3v) is 6.30. The molecule has 0 aliphatic carbocycles. The molecule has 0 aliphatic rings. The summed E-state index contributed by atoms with van der Waals surface area (Å²) in [6.45, 7) is 0.525. The fourth-order valence-corrected chi connectivity index (χ4v) is 3.90. The van der Waals surface area contributed by atoms with Gasteiger partial charge in [-0.05, 0) is 35.4 Å². The Morgan fingerprint density at radius 3 is 2.07 bits per heavy atom. The largest absolute Gasteiger partial charge is 0.489 e. The number of carbonyl (C=O) groups is 1. The van der Waals surface area contributed by atoms with Gasteiger partial charge in [-0.25, -0.2) is 8.42 Å². The monoisotopic (exact) mass is 424 g/mol. The predicted molar refractivity (Wildman–Crippen MR) is 115 cm³/mol. The van der Waals surface area contributed by atoms with Gasteiger partial charge in [-0.15, -0.1) is 0 Å². The van der Waals surface area contributed by atoms with E-state index in [-0.39, 0.29) is 17.3 Å². The highest BCUT2D eigenvalue weighted by molar-refractivity contribution is 7.89. The van der Waals surface area contributed by atoms with Crippen molar-refractivity contribution in [2.24, 2.45) is 0 Å². The maximum Gasteiger partial charge on any atom is 0.243 e. The molecule has 0 unspecified atom stereocenters. The molecule has 3 aromatic rings. The molecule has 0 aromatic heterocycles. The molecule has 6 nitrogen and oxygen atoms in total. The van der Waals surface area contributed by atoms with E-state index in [1.165, 1.54) is 19.2 Å². The van der Waals surface area contributed by atoms with E-state index >= 15 is 0 Å². The number of nitrogens with zero attached hydrogens (tertiary/aromatic N) is 1. The Labute approximate surface area is 177 Å². The predicted octanol–water partition coefficient (Wildman–Crippen LogP) is 3.20. The van der Waals surface area contributed by atoms with Gasteiger partial charge in [-0.3, -0.25) is 4.79 Å². The molecule has 156 valence electrons. The molecule has 3 aromatic carbocycles. The van der Waals surface area contributed by atoms with Gasteiger partial charge in [0.1, 0.15) is 12.4 Å². The second kappa shape index (κ2) is 10.0. The second-order valence-corrected chi connectivity index (χ2v) is 8.81. The number of rotatable bonds is 9. The Morgan fingerprint density at radius 2 is 1.43 bits per heavy atom. The number of likely N-dealkylation sites (N-methyl/N-ethyl adjacent to an activating group) is 1. The normalized spacial score (nSPS) is 11.3. The average Bonchev–Trinajstić information content (AvgIpc) is 2.78. The van der Waals surface area contributed by atoms with Gasteiger partial charge >= 0.3 is 0 Å². The zero-order valence-corrected chi connectivity index (χ0v) is 17.5. The molecule has 0 fully saturated rings. The van der Waals surface area contributed by atoms with E-state index in [2.05, 4.69) is 5.32 Å². The van der Waals surface area contributed by atoms with Crippen LogP contribution in [0.3, 0.4) is 0 Å². The molecule has 0 aliphatic heterocycles. The van der Waals surface area contributed by atoms with E-state index < -0.39 is 10.0 Å². The van der Waals surface area contributed by atoms with Gasteiger partial charge in [0.05, 0.1) is 11.4 Å². The minimum Gasteiger partial charge on any atom is -0.489 e. The topological polar surface area (TPSA) is 75.7 Å². The molecule has 0 saturated carbocycles. The molecular formula is C23H24N2O4S. The van der Waals surface area contributed by atoms with Crippen LogP contribution in [0, 0.1) is 0 Å². The van der Waals surface area contributed by atoms with Crippen molar-refractivity contribution in [2.45, 2.75) is 18.0 Å². The molecule has 3 rings (SSSR count). The van der Waals surface area contributed by atoms with Crippen molar-refractivity contribution in [3.63, 3.8) is 0 Å². The molecule has 1 N–H and O–H groups in total. The first kappa shape index (κ1) is 21.5. The Bertz CT molecular complexity index is 1050. The molecule has 0 spiro atoms. The molecule has 30 heavy (non-hydrogen) atoms. The van der Waals surface area contributed by atoms with Crippen molar-refractivity contribution in [1.82, 2.24) is 9.62 Å². The Hall–Kier alpha value is -3.16. The summed E-state index contributed by atoms with van der Waals surface area (Å²) in [7, 11) is -2.30. The molecule has 0 radical (unpaired) electrons.